The van der Waals surface area contributed by atoms with Crippen molar-refractivity contribution in [3.63, 3.8) is 0 Å². The lowest BCUT2D eigenvalue weighted by molar-refractivity contribution is -0.121. The number of nitrogens with two attached hydrogens (primary N) is 1. The van der Waals surface area contributed by atoms with E-state index in [9.17, 15) is 4.79 Å². The quantitative estimate of drug-likeness (QED) is 0.263. The normalized spacial score (nSPS) is 14.7. The first-order valence-electron chi connectivity index (χ1n) is 7.35. The average Bonchev–Trinajstić information content (AvgIpc) is 2.70. The number of aromatic nitrogens is 3. The molecule has 7 heteroatoms. The number of fused-ring (bicyclic) bond motifs is 1. The minimum absolute atomic E-state index is 0.0829. The summed E-state index contributed by atoms with van der Waals surface area (Å²) in [5.74, 6) is 7.12. The molecule has 0 atom stereocenters. The molecule has 2 heterocycles. The number of carbonyl (C=O) groups is 1. The number of nitrogens with one attached hydrogen (secondary N) is 1. The predicted molar refractivity (Wildman–Crippen MR) is 79.1 cm³/mol. The van der Waals surface area contributed by atoms with Gasteiger partial charge in [0.1, 0.15) is 5.82 Å². The third-order valence-electron chi connectivity index (χ3n) is 3.52. The zero-order valence-corrected chi connectivity index (χ0v) is 12.6. The number of nitrogens with zero attached hydrogens (tertiary/aromatic N) is 3. The molecule has 0 spiro atoms. The zero-order chi connectivity index (χ0) is 14.2. The maximum atomic E-state index is 11.0. The van der Waals surface area contributed by atoms with Gasteiger partial charge in [0.05, 0.1) is 0 Å². The molecule has 20 heavy (non-hydrogen) atoms. The van der Waals surface area contributed by atoms with Crippen LogP contribution in [0.15, 0.2) is 5.16 Å². The summed E-state index contributed by atoms with van der Waals surface area (Å²) in [6, 6.07) is 0. The van der Waals surface area contributed by atoms with Gasteiger partial charge in [-0.2, -0.15) is 0 Å². The van der Waals surface area contributed by atoms with Crippen LogP contribution < -0.4 is 11.3 Å². The summed E-state index contributed by atoms with van der Waals surface area (Å²) < 4.78 is 2.28. The highest BCUT2D eigenvalue weighted by Crippen LogP contribution is 2.22. The Morgan fingerprint density at radius 2 is 2.15 bits per heavy atom. The predicted octanol–water partition coefficient (Wildman–Crippen LogP) is 1.65. The lowest BCUT2D eigenvalue weighted by Crippen LogP contribution is -2.29. The fraction of sp³-hybridized carbons (Fsp3) is 0.769. The molecule has 6 nitrogen and oxygen atoms in total. The lowest BCUT2D eigenvalue weighted by Gasteiger charge is -2.06. The molecule has 0 saturated heterocycles. The standard InChI is InChI=1S/C13H23N5OS/c14-15-12(19)8-4-2-6-10-20-13-17-16-11-7-3-1-5-9-18(11)13/h1-10,14H2,(H,15,19). The Balaban J connectivity index is 1.67. The van der Waals surface area contributed by atoms with Crippen molar-refractivity contribution in [2.45, 2.75) is 63.1 Å². The zero-order valence-electron chi connectivity index (χ0n) is 11.8. The van der Waals surface area contributed by atoms with Crippen LogP contribution in [0.4, 0.5) is 0 Å². The minimum atomic E-state index is -0.0829. The summed E-state index contributed by atoms with van der Waals surface area (Å²) in [5.41, 5.74) is 2.15. The first kappa shape index (κ1) is 15.3. The van der Waals surface area contributed by atoms with Gasteiger partial charge in [-0.05, 0) is 25.7 Å². The fourth-order valence-electron chi connectivity index (χ4n) is 2.37. The van der Waals surface area contributed by atoms with Gasteiger partial charge >= 0.3 is 0 Å². The molecule has 2 rings (SSSR count). The average molecular weight is 297 g/mol. The number of hydrogen-bond acceptors (Lipinski definition) is 5. The summed E-state index contributed by atoms with van der Waals surface area (Å²) in [6.07, 6.45) is 8.34. The number of unbranched alkanes of at least 4 members (excludes halogenated alkanes) is 2. The Labute approximate surface area is 123 Å². The molecule has 1 aromatic heterocycles. The number of thioether (sulfide) groups is 1. The second-order valence-electron chi connectivity index (χ2n) is 5.09. The third-order valence-corrected chi connectivity index (χ3v) is 4.57. The summed E-state index contributed by atoms with van der Waals surface area (Å²) in [5, 5.41) is 9.64. The van der Waals surface area contributed by atoms with Gasteiger partial charge in [-0.25, -0.2) is 5.84 Å². The number of aryl methyl sites for hydroxylation is 1. The first-order valence-corrected chi connectivity index (χ1v) is 8.34. The molecule has 1 aliphatic heterocycles. The number of hydrazine groups is 1. The van der Waals surface area contributed by atoms with Gasteiger partial charge in [-0.15, -0.1) is 10.2 Å². The van der Waals surface area contributed by atoms with E-state index in [4.69, 9.17) is 5.84 Å². The summed E-state index contributed by atoms with van der Waals surface area (Å²) in [7, 11) is 0. The molecule has 3 N–H and O–H groups in total. The van der Waals surface area contributed by atoms with Crippen molar-refractivity contribution >= 4 is 17.7 Å². The third kappa shape index (κ3) is 4.49. The van der Waals surface area contributed by atoms with Gasteiger partial charge < -0.3 is 4.57 Å². The van der Waals surface area contributed by atoms with Crippen molar-refractivity contribution < 1.29 is 4.79 Å². The van der Waals surface area contributed by atoms with E-state index in [0.29, 0.717) is 6.42 Å². The highest BCUT2D eigenvalue weighted by Gasteiger charge is 2.14. The summed E-state index contributed by atoms with van der Waals surface area (Å²) >= 11 is 1.78. The number of hydrogen-bond donors (Lipinski definition) is 2. The highest BCUT2D eigenvalue weighted by molar-refractivity contribution is 7.99. The maximum absolute atomic E-state index is 11.0. The largest absolute Gasteiger partial charge is 0.306 e. The highest BCUT2D eigenvalue weighted by atomic mass is 32.2. The van der Waals surface area contributed by atoms with Gasteiger partial charge in [-0.3, -0.25) is 10.2 Å². The van der Waals surface area contributed by atoms with Gasteiger partial charge in [0, 0.05) is 25.1 Å². The molecule has 112 valence electrons. The van der Waals surface area contributed by atoms with E-state index in [2.05, 4.69) is 20.2 Å². The molecule has 0 saturated carbocycles. The number of amides is 1. The Hall–Kier alpha value is -1.08. The van der Waals surface area contributed by atoms with Crippen LogP contribution >= 0.6 is 11.8 Å². The van der Waals surface area contributed by atoms with Crippen LogP contribution in [0.5, 0.6) is 0 Å². The Bertz CT molecular complexity index is 434. The molecule has 0 bridgehead atoms. The van der Waals surface area contributed by atoms with E-state index in [0.717, 1.165) is 49.0 Å². The summed E-state index contributed by atoms with van der Waals surface area (Å²) in [6.45, 7) is 1.06. The summed E-state index contributed by atoms with van der Waals surface area (Å²) in [4.78, 5) is 11.0. The Kier molecular flexibility index (Phi) is 6.32. The molecule has 0 aliphatic carbocycles. The number of carbonyl (C=O) groups excluding carboxylic acids is 1. The van der Waals surface area contributed by atoms with Crippen molar-refractivity contribution in [1.29, 1.82) is 0 Å². The molecular weight excluding hydrogens is 274 g/mol. The van der Waals surface area contributed by atoms with E-state index in [1.807, 2.05) is 0 Å². The molecule has 0 radical (unpaired) electrons. The van der Waals surface area contributed by atoms with Crippen LogP contribution in [-0.2, 0) is 17.8 Å². The van der Waals surface area contributed by atoms with Crippen LogP contribution in [0.1, 0.15) is 50.8 Å². The van der Waals surface area contributed by atoms with Crippen LogP contribution in [0.3, 0.4) is 0 Å². The van der Waals surface area contributed by atoms with Gasteiger partial charge in [0.15, 0.2) is 5.16 Å². The lowest BCUT2D eigenvalue weighted by atomic mass is 10.2. The topological polar surface area (TPSA) is 85.8 Å². The van der Waals surface area contributed by atoms with E-state index >= 15 is 0 Å². The van der Waals surface area contributed by atoms with Crippen molar-refractivity contribution in [1.82, 2.24) is 20.2 Å². The van der Waals surface area contributed by atoms with Crippen LogP contribution in [0.25, 0.3) is 0 Å². The fourth-order valence-corrected chi connectivity index (χ4v) is 3.35. The van der Waals surface area contributed by atoms with E-state index in [1.165, 1.54) is 19.3 Å². The second-order valence-corrected chi connectivity index (χ2v) is 6.15. The van der Waals surface area contributed by atoms with Gasteiger partial charge in [-0.1, -0.05) is 24.6 Å². The van der Waals surface area contributed by atoms with Crippen molar-refractivity contribution in [2.24, 2.45) is 5.84 Å². The Morgan fingerprint density at radius 3 is 3.00 bits per heavy atom. The van der Waals surface area contributed by atoms with Crippen LogP contribution in [0.2, 0.25) is 0 Å². The SMILES string of the molecule is NNC(=O)CCCCCSc1nnc2n1CCCCC2. The van der Waals surface area contributed by atoms with E-state index in [1.54, 1.807) is 11.8 Å². The van der Waals surface area contributed by atoms with Gasteiger partial charge in [0.25, 0.3) is 0 Å². The smallest absolute Gasteiger partial charge is 0.233 e. The molecule has 0 aromatic carbocycles. The molecule has 1 aliphatic rings. The van der Waals surface area contributed by atoms with Crippen LogP contribution in [-0.4, -0.2) is 26.4 Å². The molecule has 1 aromatic rings. The van der Waals surface area contributed by atoms with Crippen molar-refractivity contribution in [3.8, 4) is 0 Å². The minimum Gasteiger partial charge on any atom is -0.306 e. The molecule has 0 fully saturated rings. The molecular formula is C13H23N5OS. The van der Waals surface area contributed by atoms with Crippen LogP contribution in [0, 0.1) is 0 Å². The number of rotatable bonds is 7. The van der Waals surface area contributed by atoms with Crippen molar-refractivity contribution in [3.05, 3.63) is 5.82 Å². The Morgan fingerprint density at radius 1 is 1.25 bits per heavy atom. The van der Waals surface area contributed by atoms with Gasteiger partial charge in [0.2, 0.25) is 5.91 Å². The van der Waals surface area contributed by atoms with E-state index in [-0.39, 0.29) is 5.91 Å². The second kappa shape index (κ2) is 8.26. The van der Waals surface area contributed by atoms with Crippen molar-refractivity contribution in [2.75, 3.05) is 5.75 Å². The first-order chi connectivity index (χ1) is 9.81. The maximum Gasteiger partial charge on any atom is 0.233 e. The monoisotopic (exact) mass is 297 g/mol. The molecule has 0 unspecified atom stereocenters. The molecule has 1 amide bonds. The van der Waals surface area contributed by atoms with E-state index < -0.39 is 0 Å².